The summed E-state index contributed by atoms with van der Waals surface area (Å²) < 4.78 is 10.7. The van der Waals surface area contributed by atoms with E-state index >= 15 is 0 Å². The molecule has 0 saturated heterocycles. The number of benzene rings is 2. The van der Waals surface area contributed by atoms with E-state index in [0.29, 0.717) is 19.6 Å². The number of amides is 1. The molecule has 0 unspecified atom stereocenters. The van der Waals surface area contributed by atoms with Crippen LogP contribution in [0.15, 0.2) is 36.4 Å². The Labute approximate surface area is 198 Å². The summed E-state index contributed by atoms with van der Waals surface area (Å²) in [5.41, 5.74) is 6.18. The second kappa shape index (κ2) is 12.5. The molecule has 0 radical (unpaired) electrons. The Kier molecular flexibility index (Phi) is 10.1. The molecule has 0 spiro atoms. The SMILES string of the molecule is CCOC(=O)[C@H](Cc1ccccc1)N(C)C(=O)c1cc(Cl)c(OCCCCN)c(Cl)c1O. The van der Waals surface area contributed by atoms with Crippen LogP contribution in [0, 0.1) is 0 Å². The number of carbonyl (C=O) groups is 2. The quantitative estimate of drug-likeness (QED) is 0.369. The maximum absolute atomic E-state index is 13.2. The first-order valence-corrected chi connectivity index (χ1v) is 11.1. The predicted octanol–water partition coefficient (Wildman–Crippen LogP) is 4.06. The van der Waals surface area contributed by atoms with Crippen molar-refractivity contribution in [2.24, 2.45) is 5.73 Å². The largest absolute Gasteiger partial charge is 0.505 e. The van der Waals surface area contributed by atoms with Crippen LogP contribution >= 0.6 is 23.2 Å². The molecule has 2 aromatic carbocycles. The van der Waals surface area contributed by atoms with Gasteiger partial charge in [0.2, 0.25) is 0 Å². The maximum atomic E-state index is 13.2. The first kappa shape index (κ1) is 25.8. The first-order valence-electron chi connectivity index (χ1n) is 10.3. The number of phenolic OH excluding ortho intramolecular Hbond substituents is 1. The summed E-state index contributed by atoms with van der Waals surface area (Å²) in [6.07, 6.45) is 1.69. The highest BCUT2D eigenvalue weighted by Crippen LogP contribution is 2.42. The third-order valence-corrected chi connectivity index (χ3v) is 5.48. The minimum Gasteiger partial charge on any atom is -0.505 e. The van der Waals surface area contributed by atoms with E-state index in [1.807, 2.05) is 30.3 Å². The van der Waals surface area contributed by atoms with Gasteiger partial charge in [-0.2, -0.15) is 0 Å². The molecule has 0 saturated carbocycles. The lowest BCUT2D eigenvalue weighted by molar-refractivity contribution is -0.148. The second-order valence-corrected chi connectivity index (χ2v) is 7.90. The number of likely N-dealkylation sites (N-methyl/N-ethyl adjacent to an activating group) is 1. The van der Waals surface area contributed by atoms with Gasteiger partial charge in [0, 0.05) is 13.5 Å². The Hall–Kier alpha value is -2.48. The Balaban J connectivity index is 2.30. The predicted molar refractivity (Wildman–Crippen MR) is 125 cm³/mol. The monoisotopic (exact) mass is 482 g/mol. The Morgan fingerprint density at radius 3 is 2.50 bits per heavy atom. The summed E-state index contributed by atoms with van der Waals surface area (Å²) in [6.45, 7) is 2.70. The van der Waals surface area contributed by atoms with E-state index in [4.69, 9.17) is 38.4 Å². The van der Waals surface area contributed by atoms with Crippen molar-refractivity contribution in [1.82, 2.24) is 4.90 Å². The maximum Gasteiger partial charge on any atom is 0.329 e. The number of phenols is 1. The summed E-state index contributed by atoms with van der Waals surface area (Å²) in [7, 11) is 1.46. The van der Waals surface area contributed by atoms with Gasteiger partial charge in [-0.05, 0) is 37.9 Å². The molecule has 174 valence electrons. The fourth-order valence-electron chi connectivity index (χ4n) is 3.09. The molecule has 1 amide bonds. The smallest absolute Gasteiger partial charge is 0.329 e. The van der Waals surface area contributed by atoms with Crippen LogP contribution in [0.3, 0.4) is 0 Å². The zero-order chi connectivity index (χ0) is 23.7. The number of nitrogens with two attached hydrogens (primary N) is 1. The van der Waals surface area contributed by atoms with Gasteiger partial charge in [0.25, 0.3) is 5.91 Å². The van der Waals surface area contributed by atoms with Crippen LogP contribution in [-0.4, -0.2) is 54.7 Å². The van der Waals surface area contributed by atoms with Gasteiger partial charge in [-0.25, -0.2) is 4.79 Å². The number of ether oxygens (including phenoxy) is 2. The molecule has 7 nitrogen and oxygen atoms in total. The molecule has 1 atom stereocenters. The zero-order valence-corrected chi connectivity index (χ0v) is 19.7. The van der Waals surface area contributed by atoms with Crippen LogP contribution in [0.1, 0.15) is 35.7 Å². The summed E-state index contributed by atoms with van der Waals surface area (Å²) in [6, 6.07) is 9.63. The van der Waals surface area contributed by atoms with Crippen LogP contribution in [0.25, 0.3) is 0 Å². The van der Waals surface area contributed by atoms with Gasteiger partial charge in [0.05, 0.1) is 23.8 Å². The molecular formula is C23H28Cl2N2O5. The number of rotatable bonds is 11. The van der Waals surface area contributed by atoms with Crippen molar-refractivity contribution in [2.75, 3.05) is 26.8 Å². The fourth-order valence-corrected chi connectivity index (χ4v) is 3.66. The van der Waals surface area contributed by atoms with Crippen LogP contribution < -0.4 is 10.5 Å². The summed E-state index contributed by atoms with van der Waals surface area (Å²) in [5, 5.41) is 10.5. The third kappa shape index (κ3) is 6.51. The Morgan fingerprint density at radius 1 is 1.19 bits per heavy atom. The third-order valence-electron chi connectivity index (χ3n) is 4.84. The van der Waals surface area contributed by atoms with Crippen molar-refractivity contribution in [3.05, 3.63) is 57.6 Å². The van der Waals surface area contributed by atoms with E-state index < -0.39 is 23.7 Å². The number of hydrogen-bond donors (Lipinski definition) is 2. The Bertz CT molecular complexity index is 924. The summed E-state index contributed by atoms with van der Waals surface area (Å²) in [4.78, 5) is 27.0. The molecule has 0 fully saturated rings. The highest BCUT2D eigenvalue weighted by atomic mass is 35.5. The number of esters is 1. The van der Waals surface area contributed by atoms with Crippen molar-refractivity contribution in [2.45, 2.75) is 32.2 Å². The number of unbranched alkanes of at least 4 members (excludes halogenated alkanes) is 1. The number of nitrogens with zero attached hydrogens (tertiary/aromatic N) is 1. The molecule has 2 rings (SSSR count). The van der Waals surface area contributed by atoms with Gasteiger partial charge in [-0.1, -0.05) is 53.5 Å². The van der Waals surface area contributed by atoms with Gasteiger partial charge >= 0.3 is 5.97 Å². The number of hydrogen-bond acceptors (Lipinski definition) is 6. The topological polar surface area (TPSA) is 102 Å². The highest BCUT2D eigenvalue weighted by Gasteiger charge is 2.32. The van der Waals surface area contributed by atoms with E-state index in [1.54, 1.807) is 6.92 Å². The lowest BCUT2D eigenvalue weighted by Gasteiger charge is -2.27. The van der Waals surface area contributed by atoms with Crippen LogP contribution in [0.4, 0.5) is 0 Å². The minimum absolute atomic E-state index is 0.0769. The van der Waals surface area contributed by atoms with E-state index in [-0.39, 0.29) is 34.4 Å². The van der Waals surface area contributed by atoms with Crippen molar-refractivity contribution >= 4 is 35.1 Å². The molecular weight excluding hydrogens is 455 g/mol. The molecule has 32 heavy (non-hydrogen) atoms. The zero-order valence-electron chi connectivity index (χ0n) is 18.1. The molecule has 0 aliphatic rings. The van der Waals surface area contributed by atoms with Gasteiger partial charge in [-0.3, -0.25) is 4.79 Å². The van der Waals surface area contributed by atoms with Crippen LogP contribution in [-0.2, 0) is 16.0 Å². The molecule has 2 aromatic rings. The van der Waals surface area contributed by atoms with Crippen molar-refractivity contribution in [3.63, 3.8) is 0 Å². The van der Waals surface area contributed by atoms with E-state index in [1.165, 1.54) is 18.0 Å². The number of carbonyl (C=O) groups excluding carboxylic acids is 2. The number of halogens is 2. The molecule has 3 N–H and O–H groups in total. The average Bonchev–Trinajstić information content (AvgIpc) is 2.79. The molecule has 0 aromatic heterocycles. The summed E-state index contributed by atoms with van der Waals surface area (Å²) in [5.74, 6) is -1.56. The van der Waals surface area contributed by atoms with Gasteiger partial charge in [-0.15, -0.1) is 0 Å². The molecule has 9 heteroatoms. The van der Waals surface area contributed by atoms with Gasteiger partial charge in [0.1, 0.15) is 11.1 Å². The highest BCUT2D eigenvalue weighted by molar-refractivity contribution is 6.39. The van der Waals surface area contributed by atoms with Crippen LogP contribution in [0.2, 0.25) is 10.0 Å². The minimum atomic E-state index is -0.908. The standard InChI is InChI=1S/C23H28Cl2N2O5/c1-3-31-23(30)18(13-15-9-5-4-6-10-15)27(2)22(29)16-14-17(24)21(19(25)20(16)28)32-12-8-7-11-26/h4-6,9-10,14,18,28H,3,7-8,11-13,26H2,1-2H3/t18-/m0/s1. The molecule has 0 heterocycles. The van der Waals surface area contributed by atoms with Crippen molar-refractivity contribution in [3.8, 4) is 11.5 Å². The Morgan fingerprint density at radius 2 is 1.88 bits per heavy atom. The van der Waals surface area contributed by atoms with Gasteiger partial charge < -0.3 is 25.2 Å². The lowest BCUT2D eigenvalue weighted by Crippen LogP contribution is -2.44. The average molecular weight is 483 g/mol. The lowest BCUT2D eigenvalue weighted by atomic mass is 10.0. The summed E-state index contributed by atoms with van der Waals surface area (Å²) >= 11 is 12.5. The fraction of sp³-hybridized carbons (Fsp3) is 0.391. The van der Waals surface area contributed by atoms with Crippen molar-refractivity contribution in [1.29, 1.82) is 0 Å². The van der Waals surface area contributed by atoms with E-state index in [2.05, 4.69) is 0 Å². The van der Waals surface area contributed by atoms with Crippen molar-refractivity contribution < 1.29 is 24.2 Å². The first-order chi connectivity index (χ1) is 15.3. The molecule has 0 bridgehead atoms. The normalized spacial score (nSPS) is 11.7. The van der Waals surface area contributed by atoms with Crippen LogP contribution in [0.5, 0.6) is 11.5 Å². The number of aromatic hydroxyl groups is 1. The molecule has 0 aliphatic carbocycles. The molecule has 0 aliphatic heterocycles. The van der Waals surface area contributed by atoms with Gasteiger partial charge in [0.15, 0.2) is 11.5 Å². The van der Waals surface area contributed by atoms with E-state index in [0.717, 1.165) is 12.0 Å². The van der Waals surface area contributed by atoms with E-state index in [9.17, 15) is 14.7 Å². The second-order valence-electron chi connectivity index (χ2n) is 7.12.